The molecule has 5 nitrogen and oxygen atoms in total. The lowest BCUT2D eigenvalue weighted by molar-refractivity contribution is -0.122. The molecule has 4 N–H and O–H groups in total. The van der Waals surface area contributed by atoms with Crippen LogP contribution >= 0.6 is 0 Å². The second-order valence-corrected chi connectivity index (χ2v) is 4.02. The topological polar surface area (TPSA) is 84.2 Å². The van der Waals surface area contributed by atoms with Crippen LogP contribution in [0.4, 0.5) is 4.79 Å². The molecule has 14 heavy (non-hydrogen) atoms. The van der Waals surface area contributed by atoms with Crippen LogP contribution in [0.3, 0.4) is 0 Å². The fraction of sp³-hybridized carbons (Fsp3) is 0.778. The van der Waals surface area contributed by atoms with E-state index in [1.807, 2.05) is 5.32 Å². The van der Waals surface area contributed by atoms with Crippen LogP contribution in [-0.4, -0.2) is 24.0 Å². The van der Waals surface area contributed by atoms with Crippen molar-refractivity contribution in [3.63, 3.8) is 0 Å². The second kappa shape index (κ2) is 4.41. The largest absolute Gasteiger partial charge is 0.351 e. The van der Waals surface area contributed by atoms with Crippen LogP contribution in [-0.2, 0) is 4.79 Å². The van der Waals surface area contributed by atoms with E-state index in [0.717, 1.165) is 18.8 Å². The van der Waals surface area contributed by atoms with Gasteiger partial charge in [0.05, 0.1) is 6.04 Å². The minimum atomic E-state index is -0.800. The number of nitrogens with two attached hydrogens (primary N) is 1. The summed E-state index contributed by atoms with van der Waals surface area (Å²) in [7, 11) is 0. The van der Waals surface area contributed by atoms with Crippen LogP contribution < -0.4 is 16.4 Å². The van der Waals surface area contributed by atoms with Gasteiger partial charge in [-0.05, 0) is 25.7 Å². The van der Waals surface area contributed by atoms with Crippen LogP contribution in [0, 0.1) is 5.92 Å². The minimum Gasteiger partial charge on any atom is -0.351 e. The van der Waals surface area contributed by atoms with Gasteiger partial charge in [0.25, 0.3) is 0 Å². The summed E-state index contributed by atoms with van der Waals surface area (Å²) in [6.45, 7) is 3.90. The highest BCUT2D eigenvalue weighted by Gasteiger charge is 2.28. The number of hydrogen-bond donors (Lipinski definition) is 3. The fourth-order valence-electron chi connectivity index (χ4n) is 1.70. The molecule has 0 aliphatic heterocycles. The Balaban J connectivity index is 2.24. The van der Waals surface area contributed by atoms with E-state index in [0.29, 0.717) is 6.04 Å². The molecule has 1 fully saturated rings. The molecule has 1 atom stereocenters. The number of hydrogen-bond acceptors (Lipinski definition) is 3. The van der Waals surface area contributed by atoms with Gasteiger partial charge in [-0.3, -0.25) is 10.1 Å². The third-order valence-corrected chi connectivity index (χ3v) is 2.50. The van der Waals surface area contributed by atoms with Crippen LogP contribution in [0.1, 0.15) is 26.7 Å². The van der Waals surface area contributed by atoms with Crippen LogP contribution in [0.25, 0.3) is 0 Å². The molecule has 0 aromatic rings. The Bertz CT molecular complexity index is 236. The number of carbonyl (C=O) groups is 2. The summed E-state index contributed by atoms with van der Waals surface area (Å²) >= 11 is 0. The SMILES string of the molecule is CC1CC(NC(C)C(=O)NC(N)=O)C1. The number of primary amides is 1. The molecule has 3 amide bonds. The molecular formula is C9H17N3O2. The molecule has 1 aliphatic rings. The van der Waals surface area contributed by atoms with Gasteiger partial charge in [-0.2, -0.15) is 0 Å². The third-order valence-electron chi connectivity index (χ3n) is 2.50. The van der Waals surface area contributed by atoms with Crippen molar-refractivity contribution in [2.75, 3.05) is 0 Å². The van der Waals surface area contributed by atoms with E-state index in [4.69, 9.17) is 5.73 Å². The number of amides is 3. The van der Waals surface area contributed by atoms with E-state index in [1.165, 1.54) is 0 Å². The first-order chi connectivity index (χ1) is 6.49. The molecule has 1 aliphatic carbocycles. The standard InChI is InChI=1S/C9H17N3O2/c1-5-3-7(4-5)11-6(2)8(13)12-9(10)14/h5-7,11H,3-4H2,1-2H3,(H3,10,12,13,14). The predicted octanol–water partition coefficient (Wildman–Crippen LogP) is -0.0421. The first kappa shape index (κ1) is 11.0. The summed E-state index contributed by atoms with van der Waals surface area (Å²) in [6, 6.07) is -0.760. The second-order valence-electron chi connectivity index (χ2n) is 4.02. The van der Waals surface area contributed by atoms with Crippen molar-refractivity contribution >= 4 is 11.9 Å². The van der Waals surface area contributed by atoms with E-state index in [-0.39, 0.29) is 11.9 Å². The highest BCUT2D eigenvalue weighted by atomic mass is 16.2. The lowest BCUT2D eigenvalue weighted by atomic mass is 9.81. The molecule has 1 unspecified atom stereocenters. The Morgan fingerprint density at radius 1 is 1.43 bits per heavy atom. The quantitative estimate of drug-likeness (QED) is 0.596. The highest BCUT2D eigenvalue weighted by molar-refractivity contribution is 5.96. The van der Waals surface area contributed by atoms with Gasteiger partial charge in [0.1, 0.15) is 0 Å². The number of imide groups is 1. The Labute approximate surface area is 83.4 Å². The fourth-order valence-corrected chi connectivity index (χ4v) is 1.70. The summed E-state index contributed by atoms with van der Waals surface area (Å²) in [6.07, 6.45) is 2.18. The molecular weight excluding hydrogens is 182 g/mol. The zero-order valence-electron chi connectivity index (χ0n) is 8.54. The van der Waals surface area contributed by atoms with E-state index in [1.54, 1.807) is 6.92 Å². The molecule has 0 aromatic heterocycles. The van der Waals surface area contributed by atoms with Gasteiger partial charge in [0, 0.05) is 6.04 Å². The normalized spacial score (nSPS) is 27.6. The summed E-state index contributed by atoms with van der Waals surface area (Å²) in [5.41, 5.74) is 4.83. The summed E-state index contributed by atoms with van der Waals surface area (Å²) in [5.74, 6) is 0.371. The number of nitrogens with one attached hydrogen (secondary N) is 2. The monoisotopic (exact) mass is 199 g/mol. The van der Waals surface area contributed by atoms with Gasteiger partial charge >= 0.3 is 6.03 Å². The van der Waals surface area contributed by atoms with Crippen molar-refractivity contribution in [1.82, 2.24) is 10.6 Å². The van der Waals surface area contributed by atoms with Crippen molar-refractivity contribution in [2.45, 2.75) is 38.8 Å². The Morgan fingerprint density at radius 2 is 2.00 bits per heavy atom. The van der Waals surface area contributed by atoms with Crippen LogP contribution in [0.2, 0.25) is 0 Å². The van der Waals surface area contributed by atoms with Gasteiger partial charge in [0.15, 0.2) is 0 Å². The molecule has 1 rings (SSSR count). The van der Waals surface area contributed by atoms with Crippen molar-refractivity contribution in [3.8, 4) is 0 Å². The smallest absolute Gasteiger partial charge is 0.318 e. The molecule has 0 heterocycles. The van der Waals surface area contributed by atoms with E-state index >= 15 is 0 Å². The number of urea groups is 1. The number of carbonyl (C=O) groups excluding carboxylic acids is 2. The maximum atomic E-state index is 11.2. The first-order valence-corrected chi connectivity index (χ1v) is 4.85. The molecule has 0 bridgehead atoms. The maximum absolute atomic E-state index is 11.2. The third kappa shape index (κ3) is 2.99. The van der Waals surface area contributed by atoms with Gasteiger partial charge in [-0.25, -0.2) is 4.79 Å². The van der Waals surface area contributed by atoms with E-state index < -0.39 is 6.03 Å². The highest BCUT2D eigenvalue weighted by Crippen LogP contribution is 2.26. The molecule has 0 saturated heterocycles. The van der Waals surface area contributed by atoms with Crippen molar-refractivity contribution in [1.29, 1.82) is 0 Å². The average Bonchev–Trinajstić information content (AvgIpc) is 2.00. The van der Waals surface area contributed by atoms with Crippen molar-refractivity contribution < 1.29 is 9.59 Å². The average molecular weight is 199 g/mol. The minimum absolute atomic E-state index is 0.361. The Kier molecular flexibility index (Phi) is 3.46. The zero-order chi connectivity index (χ0) is 10.7. The van der Waals surface area contributed by atoms with Crippen LogP contribution in [0.5, 0.6) is 0 Å². The van der Waals surface area contributed by atoms with E-state index in [9.17, 15) is 9.59 Å². The molecule has 80 valence electrons. The van der Waals surface area contributed by atoms with Gasteiger partial charge in [-0.1, -0.05) is 6.92 Å². The molecule has 1 saturated carbocycles. The summed E-state index contributed by atoms with van der Waals surface area (Å²) in [4.78, 5) is 21.6. The lowest BCUT2D eigenvalue weighted by Crippen LogP contribution is -2.52. The zero-order valence-corrected chi connectivity index (χ0v) is 8.54. The molecule has 0 spiro atoms. The summed E-state index contributed by atoms with van der Waals surface area (Å²) < 4.78 is 0. The van der Waals surface area contributed by atoms with Gasteiger partial charge in [0.2, 0.25) is 5.91 Å². The Morgan fingerprint density at radius 3 is 2.43 bits per heavy atom. The maximum Gasteiger partial charge on any atom is 0.318 e. The van der Waals surface area contributed by atoms with Crippen molar-refractivity contribution in [3.05, 3.63) is 0 Å². The van der Waals surface area contributed by atoms with E-state index in [2.05, 4.69) is 12.2 Å². The van der Waals surface area contributed by atoms with Crippen molar-refractivity contribution in [2.24, 2.45) is 11.7 Å². The van der Waals surface area contributed by atoms with Crippen LogP contribution in [0.15, 0.2) is 0 Å². The predicted molar refractivity (Wildman–Crippen MR) is 52.5 cm³/mol. The molecule has 0 aromatic carbocycles. The summed E-state index contributed by atoms with van der Waals surface area (Å²) in [5, 5.41) is 5.18. The Hall–Kier alpha value is -1.10. The molecule has 5 heteroatoms. The van der Waals surface area contributed by atoms with Gasteiger partial charge < -0.3 is 11.1 Å². The molecule has 0 radical (unpaired) electrons. The van der Waals surface area contributed by atoms with Gasteiger partial charge in [-0.15, -0.1) is 0 Å². The number of rotatable bonds is 3. The first-order valence-electron chi connectivity index (χ1n) is 4.85. The lowest BCUT2D eigenvalue weighted by Gasteiger charge is -2.35.